The molecule has 0 aliphatic carbocycles. The molecule has 0 amide bonds. The number of piperazine rings is 1. The van der Waals surface area contributed by atoms with E-state index < -0.39 is 6.61 Å². The first-order chi connectivity index (χ1) is 10.8. The molecule has 0 bridgehead atoms. The number of para-hydroxylation sites is 1. The van der Waals surface area contributed by atoms with Gasteiger partial charge in [-0.3, -0.25) is 4.90 Å². The van der Waals surface area contributed by atoms with E-state index >= 15 is 0 Å². The largest absolute Gasteiger partial charge is 0.434 e. The standard InChI is InChI=1S/C16H18F2N2OS/c17-16(18)21-14-4-2-1-3-13(14)15(12-5-10-22-11-12)20-8-6-19-7-9-20/h1-5,10-11,15-16,19H,6-9H2/t15-/m0/s1. The molecular weight excluding hydrogens is 306 g/mol. The third-order valence-electron chi connectivity index (χ3n) is 3.81. The van der Waals surface area contributed by atoms with Crippen molar-refractivity contribution in [2.75, 3.05) is 26.2 Å². The Morgan fingerprint density at radius 1 is 1.14 bits per heavy atom. The molecule has 118 valence electrons. The van der Waals surface area contributed by atoms with Crippen LogP contribution in [0, 0.1) is 0 Å². The number of halogens is 2. The summed E-state index contributed by atoms with van der Waals surface area (Å²) < 4.78 is 30.2. The smallest absolute Gasteiger partial charge is 0.387 e. The van der Waals surface area contributed by atoms with E-state index in [0.29, 0.717) is 0 Å². The van der Waals surface area contributed by atoms with Gasteiger partial charge in [-0.15, -0.1) is 0 Å². The minimum absolute atomic E-state index is 0.0525. The summed E-state index contributed by atoms with van der Waals surface area (Å²) >= 11 is 1.62. The average Bonchev–Trinajstić information content (AvgIpc) is 3.04. The van der Waals surface area contributed by atoms with Crippen LogP contribution in [0.25, 0.3) is 0 Å². The van der Waals surface area contributed by atoms with Gasteiger partial charge >= 0.3 is 6.61 Å². The highest BCUT2D eigenvalue weighted by Gasteiger charge is 2.27. The molecule has 1 N–H and O–H groups in total. The quantitative estimate of drug-likeness (QED) is 0.913. The first-order valence-electron chi connectivity index (χ1n) is 7.26. The lowest BCUT2D eigenvalue weighted by atomic mass is 9.98. The third kappa shape index (κ3) is 3.45. The molecule has 3 rings (SSSR count). The van der Waals surface area contributed by atoms with Crippen LogP contribution in [0.1, 0.15) is 17.2 Å². The molecule has 1 saturated heterocycles. The molecule has 0 unspecified atom stereocenters. The number of nitrogens with zero attached hydrogens (tertiary/aromatic N) is 1. The molecule has 1 fully saturated rings. The van der Waals surface area contributed by atoms with Gasteiger partial charge in [0.15, 0.2) is 0 Å². The number of benzene rings is 1. The summed E-state index contributed by atoms with van der Waals surface area (Å²) in [4.78, 5) is 2.31. The maximum absolute atomic E-state index is 12.7. The Balaban J connectivity index is 1.98. The lowest BCUT2D eigenvalue weighted by Crippen LogP contribution is -2.45. The molecule has 0 radical (unpaired) electrons. The summed E-state index contributed by atoms with van der Waals surface area (Å²) in [6.07, 6.45) is 0. The van der Waals surface area contributed by atoms with E-state index in [1.165, 1.54) is 0 Å². The summed E-state index contributed by atoms with van der Waals surface area (Å²) in [5.74, 6) is 0.257. The van der Waals surface area contributed by atoms with Gasteiger partial charge in [-0.1, -0.05) is 18.2 Å². The van der Waals surface area contributed by atoms with Crippen LogP contribution in [0.2, 0.25) is 0 Å². The van der Waals surface area contributed by atoms with Crippen LogP contribution in [-0.2, 0) is 0 Å². The normalized spacial score (nSPS) is 17.6. The lowest BCUT2D eigenvalue weighted by molar-refractivity contribution is -0.0510. The number of hydrogen-bond acceptors (Lipinski definition) is 4. The first kappa shape index (κ1) is 15.4. The Hall–Kier alpha value is -1.50. The zero-order valence-corrected chi connectivity index (χ0v) is 12.9. The maximum atomic E-state index is 12.7. The van der Waals surface area contributed by atoms with E-state index in [0.717, 1.165) is 37.3 Å². The van der Waals surface area contributed by atoms with Crippen molar-refractivity contribution in [3.8, 4) is 5.75 Å². The zero-order valence-electron chi connectivity index (χ0n) is 12.0. The molecule has 1 aromatic carbocycles. The van der Waals surface area contributed by atoms with Gasteiger partial charge in [0.05, 0.1) is 6.04 Å². The molecule has 0 saturated carbocycles. The summed E-state index contributed by atoms with van der Waals surface area (Å²) in [5, 5.41) is 7.41. The molecule has 3 nitrogen and oxygen atoms in total. The summed E-state index contributed by atoms with van der Waals surface area (Å²) in [6.45, 7) is 0.747. The summed E-state index contributed by atoms with van der Waals surface area (Å²) in [6, 6.07) is 9.09. The van der Waals surface area contributed by atoms with Crippen molar-refractivity contribution >= 4 is 11.3 Å². The Bertz CT molecular complexity index is 586. The van der Waals surface area contributed by atoms with Crippen LogP contribution in [0.15, 0.2) is 41.1 Å². The topological polar surface area (TPSA) is 24.5 Å². The van der Waals surface area contributed by atoms with Crippen LogP contribution in [-0.4, -0.2) is 37.7 Å². The van der Waals surface area contributed by atoms with E-state index in [-0.39, 0.29) is 11.8 Å². The van der Waals surface area contributed by atoms with E-state index in [2.05, 4.69) is 21.7 Å². The van der Waals surface area contributed by atoms with Crippen molar-refractivity contribution in [1.82, 2.24) is 10.2 Å². The molecule has 1 atom stereocenters. The highest BCUT2D eigenvalue weighted by molar-refractivity contribution is 7.08. The van der Waals surface area contributed by atoms with Crippen LogP contribution >= 0.6 is 11.3 Å². The fourth-order valence-electron chi connectivity index (χ4n) is 2.87. The van der Waals surface area contributed by atoms with Gasteiger partial charge in [0.2, 0.25) is 0 Å². The van der Waals surface area contributed by atoms with Gasteiger partial charge in [0, 0.05) is 31.7 Å². The monoisotopic (exact) mass is 324 g/mol. The Morgan fingerprint density at radius 3 is 2.59 bits per heavy atom. The lowest BCUT2D eigenvalue weighted by Gasteiger charge is -2.35. The number of rotatable bonds is 5. The highest BCUT2D eigenvalue weighted by Crippen LogP contribution is 2.36. The van der Waals surface area contributed by atoms with Crippen molar-refractivity contribution in [3.05, 3.63) is 52.2 Å². The molecule has 6 heteroatoms. The van der Waals surface area contributed by atoms with Gasteiger partial charge in [-0.25, -0.2) is 0 Å². The first-order valence-corrected chi connectivity index (χ1v) is 8.20. The van der Waals surface area contributed by atoms with Gasteiger partial charge in [-0.2, -0.15) is 20.1 Å². The molecule has 0 spiro atoms. The van der Waals surface area contributed by atoms with E-state index in [4.69, 9.17) is 4.74 Å². The van der Waals surface area contributed by atoms with Crippen molar-refractivity contribution in [2.45, 2.75) is 12.7 Å². The molecule has 22 heavy (non-hydrogen) atoms. The predicted molar refractivity (Wildman–Crippen MR) is 83.7 cm³/mol. The van der Waals surface area contributed by atoms with Gasteiger partial charge in [0.25, 0.3) is 0 Å². The SMILES string of the molecule is FC(F)Oc1ccccc1[C@H](c1ccsc1)N1CCNCC1. The van der Waals surface area contributed by atoms with Gasteiger partial charge in [0.1, 0.15) is 5.75 Å². The molecule has 2 aromatic rings. The van der Waals surface area contributed by atoms with Crippen molar-refractivity contribution in [2.24, 2.45) is 0 Å². The fraction of sp³-hybridized carbons (Fsp3) is 0.375. The highest BCUT2D eigenvalue weighted by atomic mass is 32.1. The summed E-state index contributed by atoms with van der Waals surface area (Å²) in [5.41, 5.74) is 1.92. The second-order valence-corrected chi connectivity index (χ2v) is 5.94. The van der Waals surface area contributed by atoms with Crippen LogP contribution in [0.4, 0.5) is 8.78 Å². The predicted octanol–water partition coefficient (Wildman–Crippen LogP) is 3.34. The van der Waals surface area contributed by atoms with Crippen molar-refractivity contribution in [3.63, 3.8) is 0 Å². The average molecular weight is 324 g/mol. The van der Waals surface area contributed by atoms with E-state index in [9.17, 15) is 8.78 Å². The van der Waals surface area contributed by atoms with Gasteiger partial charge < -0.3 is 10.1 Å². The second-order valence-electron chi connectivity index (χ2n) is 5.16. The minimum atomic E-state index is -2.81. The Kier molecular flexibility index (Phi) is 5.02. The van der Waals surface area contributed by atoms with Crippen LogP contribution in [0.5, 0.6) is 5.75 Å². The number of hydrogen-bond donors (Lipinski definition) is 1. The zero-order chi connectivity index (χ0) is 15.4. The molecule has 1 aliphatic rings. The number of ether oxygens (including phenoxy) is 1. The van der Waals surface area contributed by atoms with Crippen molar-refractivity contribution in [1.29, 1.82) is 0 Å². The second kappa shape index (κ2) is 7.17. The number of nitrogens with one attached hydrogen (secondary N) is 1. The van der Waals surface area contributed by atoms with Crippen molar-refractivity contribution < 1.29 is 13.5 Å². The summed E-state index contributed by atoms with van der Waals surface area (Å²) in [7, 11) is 0. The molecule has 1 aromatic heterocycles. The molecule has 1 aliphatic heterocycles. The number of thiophene rings is 1. The molecular formula is C16H18F2N2OS. The Morgan fingerprint density at radius 2 is 1.91 bits per heavy atom. The van der Waals surface area contributed by atoms with Crippen LogP contribution < -0.4 is 10.1 Å². The third-order valence-corrected chi connectivity index (χ3v) is 4.51. The van der Waals surface area contributed by atoms with Gasteiger partial charge in [-0.05, 0) is 28.5 Å². The van der Waals surface area contributed by atoms with E-state index in [1.54, 1.807) is 23.5 Å². The maximum Gasteiger partial charge on any atom is 0.387 e. The Labute approximate surface area is 132 Å². The number of alkyl halides is 2. The minimum Gasteiger partial charge on any atom is -0.434 e. The van der Waals surface area contributed by atoms with E-state index in [1.807, 2.05) is 17.5 Å². The molecule has 2 heterocycles. The van der Waals surface area contributed by atoms with Crippen LogP contribution in [0.3, 0.4) is 0 Å². The fourth-order valence-corrected chi connectivity index (χ4v) is 3.55.